The van der Waals surface area contributed by atoms with Crippen LogP contribution < -0.4 is 35.0 Å². The number of nitrogens with one attached hydrogen (secondary N) is 3. The molecule has 0 unspecified atom stereocenters. The van der Waals surface area contributed by atoms with E-state index < -0.39 is 35.8 Å². The predicted molar refractivity (Wildman–Crippen MR) is 516 cm³/mol. The summed E-state index contributed by atoms with van der Waals surface area (Å²) in [5, 5.41) is 15.2. The maximum atomic E-state index is 13.0. The number of nitrogens with zero attached hydrogens (tertiary/aromatic N) is 4. The molecule has 132 heavy (non-hydrogen) atoms. The van der Waals surface area contributed by atoms with Gasteiger partial charge in [0.05, 0.1) is 5.52 Å². The van der Waals surface area contributed by atoms with Gasteiger partial charge in [-0.3, -0.25) is 10.0 Å². The average molecular weight is 1760 g/mol. The second kappa shape index (κ2) is 46.9. The highest BCUT2D eigenvalue weighted by Crippen LogP contribution is 2.30. The Balaban J connectivity index is 0.000000135. The molecule has 6 heterocycles. The average Bonchev–Trinajstić information content (AvgIpc) is 1.66. The van der Waals surface area contributed by atoms with E-state index in [9.17, 15) is 33.2 Å². The van der Waals surface area contributed by atoms with Crippen LogP contribution in [0.4, 0.5) is 4.39 Å². The van der Waals surface area contributed by atoms with E-state index in [2.05, 4.69) is 137 Å². The number of amides is 1. The third-order valence-corrected chi connectivity index (χ3v) is 21.0. The Morgan fingerprint density at radius 2 is 0.712 bits per heavy atom. The van der Waals surface area contributed by atoms with E-state index in [0.29, 0.717) is 6.54 Å². The van der Waals surface area contributed by atoms with Gasteiger partial charge >= 0.3 is 29.8 Å². The Hall–Kier alpha value is -17.2. The molecule has 24 nitrogen and oxygen atoms in total. The number of para-hydroxylation sites is 2. The van der Waals surface area contributed by atoms with E-state index >= 15 is 0 Å². The van der Waals surface area contributed by atoms with Crippen molar-refractivity contribution in [2.24, 2.45) is 29.5 Å². The predicted octanol–water partition coefficient (Wildman–Crippen LogP) is 19.0. The number of hydrogen-bond acceptors (Lipinski definition) is 17. The van der Waals surface area contributed by atoms with Crippen molar-refractivity contribution >= 4 is 138 Å². The first-order valence-corrected chi connectivity index (χ1v) is 41.6. The first kappa shape index (κ1) is 92.5. The molecule has 25 heteroatoms. The molecule has 0 saturated heterocycles. The first-order valence-electron chi connectivity index (χ1n) is 41.6. The molecule has 0 fully saturated rings. The van der Waals surface area contributed by atoms with Crippen LogP contribution in [0.1, 0.15) is 72.3 Å². The van der Waals surface area contributed by atoms with E-state index in [1.54, 1.807) is 54.1 Å². The number of aromatic nitrogens is 6. The number of fused-ring (bicyclic) bond motifs is 6. The van der Waals surface area contributed by atoms with Crippen LogP contribution in [0, 0.1) is 5.82 Å². The van der Waals surface area contributed by atoms with E-state index in [1.807, 2.05) is 237 Å². The Morgan fingerprint density at radius 3 is 1.19 bits per heavy atom. The van der Waals surface area contributed by atoms with Gasteiger partial charge in [0.25, 0.3) is 5.91 Å². The Morgan fingerprint density at radius 1 is 0.333 bits per heavy atom. The van der Waals surface area contributed by atoms with Crippen LogP contribution in [0.2, 0.25) is 0 Å². The highest BCUT2D eigenvalue weighted by atomic mass is 19.1. The SMILES string of the molecule is NOC(=O)/C=C/c1ccc2[nH]cc(Cc3ccccc3)c2c1.NOC(=O)/C=C/c1ccc2c(Cc3ccccc3)c[nH]c2c1.NOC(=O)/C=C/c1ccc2c(ccn2-c2ccccc2)c1.NOC(=O)/C=C/c1ccc2c(ccn2Cc2ccc(F)cc2)c1.NOC(=O)/C=C/c1ccc2c(ccn2Cc2ccccc2)c1.O=C(/C=C/c1cn(Cc2ccccc2)c2ccccc12)NO. The molecular weight excluding hydrogens is 1660 g/mol. The number of rotatable bonds is 23. The van der Waals surface area contributed by atoms with Crippen LogP contribution in [0.3, 0.4) is 0 Å². The Labute approximate surface area is 758 Å². The van der Waals surface area contributed by atoms with Crippen molar-refractivity contribution in [3.05, 3.63) is 461 Å². The molecule has 6 aromatic heterocycles. The van der Waals surface area contributed by atoms with Crippen molar-refractivity contribution in [2.75, 3.05) is 0 Å². The maximum absolute atomic E-state index is 13.0. The van der Waals surface area contributed by atoms with Gasteiger partial charge in [0.2, 0.25) is 0 Å². The zero-order valence-electron chi connectivity index (χ0n) is 71.4. The highest BCUT2D eigenvalue weighted by Gasteiger charge is 2.13. The number of nitrogens with two attached hydrogens (primary N) is 5. The van der Waals surface area contributed by atoms with Crippen LogP contribution in [-0.2, 0) is 85.4 Å². The van der Waals surface area contributed by atoms with Crippen LogP contribution in [0.25, 0.3) is 108 Å². The lowest BCUT2D eigenvalue weighted by atomic mass is 10.0. The first-order chi connectivity index (χ1) is 64.5. The third-order valence-electron chi connectivity index (χ3n) is 21.0. The molecule has 0 atom stereocenters. The summed E-state index contributed by atoms with van der Waals surface area (Å²) in [6.45, 7) is 2.26. The van der Waals surface area contributed by atoms with Gasteiger partial charge in [-0.25, -0.2) is 33.8 Å². The van der Waals surface area contributed by atoms with Gasteiger partial charge in [-0.2, -0.15) is 29.5 Å². The molecule has 0 aliphatic rings. The molecule has 660 valence electrons. The number of carbonyl (C=O) groups excluding carboxylic acids is 6. The Kier molecular flexibility index (Phi) is 32.8. The number of hydrogen-bond donors (Lipinski definition) is 9. The zero-order valence-corrected chi connectivity index (χ0v) is 71.4. The van der Waals surface area contributed by atoms with E-state index in [1.165, 1.54) is 87.4 Å². The summed E-state index contributed by atoms with van der Waals surface area (Å²) in [6, 6.07) is 102. The molecule has 0 radical (unpaired) electrons. The van der Waals surface area contributed by atoms with Crippen molar-refractivity contribution in [2.45, 2.75) is 32.5 Å². The second-order valence-corrected chi connectivity index (χ2v) is 29.9. The summed E-state index contributed by atoms with van der Waals surface area (Å²) >= 11 is 0. The summed E-state index contributed by atoms with van der Waals surface area (Å²) in [5.74, 6) is 20.3. The lowest BCUT2D eigenvalue weighted by Crippen LogP contribution is -2.14. The summed E-state index contributed by atoms with van der Waals surface area (Å²) in [6.07, 6.45) is 31.8. The van der Waals surface area contributed by atoms with Gasteiger partial charge in [0, 0.05) is 164 Å². The summed E-state index contributed by atoms with van der Waals surface area (Å²) in [4.78, 5) is 93.3. The highest BCUT2D eigenvalue weighted by molar-refractivity contribution is 5.97. The third kappa shape index (κ3) is 26.3. The number of hydroxylamine groups is 1. The number of H-pyrrole nitrogens is 2. The number of carbonyl (C=O) groups is 6. The van der Waals surface area contributed by atoms with Crippen LogP contribution in [0.15, 0.2) is 383 Å². The quantitative estimate of drug-likeness (QED) is 0.0163. The van der Waals surface area contributed by atoms with Gasteiger partial charge in [-0.15, -0.1) is 0 Å². The van der Waals surface area contributed by atoms with E-state index in [-0.39, 0.29) is 5.82 Å². The molecule has 18 rings (SSSR count). The summed E-state index contributed by atoms with van der Waals surface area (Å²) in [7, 11) is 0. The number of halogens is 1. The smallest absolute Gasteiger partial charge is 0.349 e. The molecule has 12 aromatic carbocycles. The van der Waals surface area contributed by atoms with E-state index in [4.69, 9.17) is 34.7 Å². The van der Waals surface area contributed by atoms with Crippen molar-refractivity contribution < 1.29 is 62.6 Å². The van der Waals surface area contributed by atoms with Crippen molar-refractivity contribution in [1.82, 2.24) is 33.7 Å². The molecule has 0 saturated carbocycles. The van der Waals surface area contributed by atoms with Crippen molar-refractivity contribution in [3.8, 4) is 5.69 Å². The molecule has 0 aliphatic carbocycles. The minimum Gasteiger partial charge on any atom is -0.370 e. The fourth-order valence-electron chi connectivity index (χ4n) is 14.6. The fourth-order valence-corrected chi connectivity index (χ4v) is 14.6. The Bertz CT molecular complexity index is 7010. The van der Waals surface area contributed by atoms with E-state index in [0.717, 1.165) is 131 Å². The van der Waals surface area contributed by atoms with Gasteiger partial charge in [-0.1, -0.05) is 206 Å². The number of aromatic amines is 2. The van der Waals surface area contributed by atoms with Crippen LogP contribution in [0.5, 0.6) is 0 Å². The summed E-state index contributed by atoms with van der Waals surface area (Å²) in [5.41, 5.74) is 23.3. The minimum absolute atomic E-state index is 0.237. The molecule has 0 bridgehead atoms. The molecule has 0 aliphatic heterocycles. The van der Waals surface area contributed by atoms with Gasteiger partial charge in [0.1, 0.15) is 5.82 Å². The fraction of sp³-hybridized carbons (Fsp3) is 0.0467. The van der Waals surface area contributed by atoms with Gasteiger partial charge in [0.15, 0.2) is 0 Å². The lowest BCUT2D eigenvalue weighted by molar-refractivity contribution is -0.139. The van der Waals surface area contributed by atoms with Crippen LogP contribution >= 0.6 is 0 Å². The van der Waals surface area contributed by atoms with Crippen molar-refractivity contribution in [3.63, 3.8) is 0 Å². The second-order valence-electron chi connectivity index (χ2n) is 29.9. The van der Waals surface area contributed by atoms with Gasteiger partial charge < -0.3 is 52.4 Å². The number of benzene rings is 12. The molecule has 14 N–H and O–H groups in total. The molecular formula is C107H93FN12O12. The zero-order chi connectivity index (χ0) is 92.3. The molecule has 1 amide bonds. The summed E-state index contributed by atoms with van der Waals surface area (Å²) < 4.78 is 21.5. The van der Waals surface area contributed by atoms with Crippen LogP contribution in [-0.4, -0.2) is 69.2 Å². The standard InChI is InChI=1S/C18H15FN2O2.4C18H16N2O2.C17H14N2O2/c19-16-5-1-14(2-6-16)12-21-10-9-15-11-13(3-7-17(15)21)4-8-18(22)23-20;21-18(19-22)11-10-15-13-20(12-14-6-2-1-3-7-14)17-9-5-4-8-16(15)17;19-22-18(21)9-7-14-6-8-17-16(11-14)15(12-20-17)10-13-4-2-1-3-5-13;19-22-18(21)9-7-14-6-8-16-15(12-20-17(16)11-14)10-13-4-2-1-3-5-13;19-22-18(21)9-7-14-6-8-17-16(12-14)10-11-20(17)13-15-4-2-1-3-5-15;18-21-17(20)9-7-13-6-8-16-14(12-13)10-11-19(16)15-4-2-1-3-5-15/h1-11H,12,20H2;1-11,13,22H,12H2,(H,19,21);2*1-9,11-12,20H,10,19H2;1-12H,13,19H2;1-12H,18H2/b8-4+;11-10+;4*9-7+. The van der Waals surface area contributed by atoms with Crippen molar-refractivity contribution in [1.29, 1.82) is 0 Å². The lowest BCUT2D eigenvalue weighted by Gasteiger charge is -2.06. The molecule has 18 aromatic rings. The maximum Gasteiger partial charge on any atom is 0.349 e. The topological polar surface area (TPSA) is 362 Å². The van der Waals surface area contributed by atoms with Gasteiger partial charge in [-0.05, 0) is 219 Å². The molecule has 0 spiro atoms. The monoisotopic (exact) mass is 1760 g/mol. The minimum atomic E-state index is -0.598. The normalized spacial score (nSPS) is 11.1. The largest absolute Gasteiger partial charge is 0.370 e.